The van der Waals surface area contributed by atoms with Gasteiger partial charge in [0.15, 0.2) is 0 Å². The van der Waals surface area contributed by atoms with E-state index in [-0.39, 0.29) is 24.1 Å². The van der Waals surface area contributed by atoms with Crippen LogP contribution in [0.1, 0.15) is 25.3 Å². The number of amides is 1. The molecule has 1 aromatic rings. The molecule has 0 radical (unpaired) electrons. The summed E-state index contributed by atoms with van der Waals surface area (Å²) < 4.78 is 1.24. The number of nitrogens with zero attached hydrogens (tertiary/aromatic N) is 3. The van der Waals surface area contributed by atoms with Crippen molar-refractivity contribution in [2.24, 2.45) is 5.92 Å². The minimum Gasteiger partial charge on any atom is -0.506 e. The molecule has 166 valence electrons. The molecule has 3 rings (SSSR count). The second-order valence-corrected chi connectivity index (χ2v) is 9.98. The van der Waals surface area contributed by atoms with Crippen LogP contribution in [0.4, 0.5) is 0 Å². The van der Waals surface area contributed by atoms with Crippen LogP contribution >= 0.6 is 31.9 Å². The van der Waals surface area contributed by atoms with Crippen LogP contribution in [0.3, 0.4) is 0 Å². The quantitative estimate of drug-likeness (QED) is 0.571. The highest BCUT2D eigenvalue weighted by Crippen LogP contribution is 2.34. The van der Waals surface area contributed by atoms with E-state index in [0.29, 0.717) is 21.4 Å². The number of aromatic hydroxyl groups is 1. The van der Waals surface area contributed by atoms with Crippen LogP contribution in [0.2, 0.25) is 0 Å². The lowest BCUT2D eigenvalue weighted by Gasteiger charge is -2.42. The number of hydrogen-bond acceptors (Lipinski definition) is 5. The van der Waals surface area contributed by atoms with Crippen LogP contribution < -0.4 is 0 Å². The molecule has 7 nitrogen and oxygen atoms in total. The average molecular weight is 547 g/mol. The Hall–Kier alpha value is -1.16. The number of hydrogen-bond donors (Lipinski definition) is 2. The normalized spacial score (nSPS) is 20.3. The molecule has 0 spiro atoms. The zero-order chi connectivity index (χ0) is 21.8. The number of carbonyl (C=O) groups excluding carboxylic acids is 1. The fourth-order valence-corrected chi connectivity index (χ4v) is 5.70. The number of likely N-dealkylation sites (tertiary alicyclic amines) is 1. The first-order valence-electron chi connectivity index (χ1n) is 10.4. The first kappa shape index (κ1) is 23.5. The number of carbonyl (C=O) groups is 2. The van der Waals surface area contributed by atoms with Gasteiger partial charge in [-0.1, -0.05) is 6.92 Å². The van der Waals surface area contributed by atoms with Gasteiger partial charge in [0.1, 0.15) is 5.75 Å². The fraction of sp³-hybridized carbons (Fsp3) is 0.619. The summed E-state index contributed by atoms with van der Waals surface area (Å²) in [5.74, 6) is -0.537. The van der Waals surface area contributed by atoms with Crippen molar-refractivity contribution in [3.8, 4) is 5.75 Å². The second kappa shape index (κ2) is 10.4. The monoisotopic (exact) mass is 545 g/mol. The zero-order valence-corrected chi connectivity index (χ0v) is 20.4. The van der Waals surface area contributed by atoms with Crippen molar-refractivity contribution < 1.29 is 19.8 Å². The summed E-state index contributed by atoms with van der Waals surface area (Å²) in [5, 5.41) is 18.8. The topological polar surface area (TPSA) is 84.3 Å². The van der Waals surface area contributed by atoms with Crippen molar-refractivity contribution in [1.82, 2.24) is 14.7 Å². The molecule has 0 saturated carbocycles. The second-order valence-electron chi connectivity index (χ2n) is 8.28. The number of phenols is 1. The van der Waals surface area contributed by atoms with Gasteiger partial charge in [-0.2, -0.15) is 0 Å². The van der Waals surface area contributed by atoms with Crippen LogP contribution in [0, 0.1) is 5.92 Å². The molecule has 1 amide bonds. The van der Waals surface area contributed by atoms with Gasteiger partial charge >= 0.3 is 5.97 Å². The number of aliphatic carboxylic acids is 1. The lowest BCUT2D eigenvalue weighted by Crippen LogP contribution is -2.54. The zero-order valence-electron chi connectivity index (χ0n) is 17.2. The molecular formula is C21H29Br2N3O4. The van der Waals surface area contributed by atoms with E-state index in [2.05, 4.69) is 36.8 Å². The third-order valence-corrected chi connectivity index (χ3v) is 7.31. The summed E-state index contributed by atoms with van der Waals surface area (Å²) in [6.45, 7) is 7.00. The van der Waals surface area contributed by atoms with Gasteiger partial charge in [0.05, 0.1) is 15.5 Å². The summed E-state index contributed by atoms with van der Waals surface area (Å²) in [6, 6.07) is 4.19. The Morgan fingerprint density at radius 3 is 2.17 bits per heavy atom. The van der Waals surface area contributed by atoms with Gasteiger partial charge in [0, 0.05) is 51.2 Å². The van der Waals surface area contributed by atoms with E-state index >= 15 is 0 Å². The van der Waals surface area contributed by atoms with Crippen molar-refractivity contribution >= 4 is 43.7 Å². The molecule has 2 aliphatic rings. The Kier molecular flexibility index (Phi) is 8.17. The maximum atomic E-state index is 12.9. The lowest BCUT2D eigenvalue weighted by molar-refractivity contribution is -0.138. The van der Waals surface area contributed by atoms with Crippen LogP contribution in [-0.2, 0) is 16.0 Å². The Bertz CT molecular complexity index is 753. The molecular weight excluding hydrogens is 518 g/mol. The highest BCUT2D eigenvalue weighted by atomic mass is 79.9. The standard InChI is InChI=1S/C21H29Br2N3O4/c1-14(10-15-11-17(22)20(29)18(23)12-15)21(30)26-4-2-16(3-5-26)25-8-6-24(7-9-25)13-19(27)28/h11-12,14,16,29H,2-10,13H2,1H3,(H,27,28)/t14-/m1/s1. The third-order valence-electron chi connectivity index (χ3n) is 6.10. The van der Waals surface area contributed by atoms with Crippen LogP contribution in [0.15, 0.2) is 21.1 Å². The number of piperidine rings is 1. The molecule has 9 heteroatoms. The van der Waals surface area contributed by atoms with E-state index in [9.17, 15) is 14.7 Å². The summed E-state index contributed by atoms with van der Waals surface area (Å²) in [5.41, 5.74) is 1.00. The van der Waals surface area contributed by atoms with Crippen LogP contribution in [0.5, 0.6) is 5.75 Å². The summed E-state index contributed by atoms with van der Waals surface area (Å²) in [7, 11) is 0. The summed E-state index contributed by atoms with van der Waals surface area (Å²) in [6.07, 6.45) is 2.56. The molecule has 2 fully saturated rings. The van der Waals surface area contributed by atoms with Gasteiger partial charge in [-0.05, 0) is 68.8 Å². The Balaban J connectivity index is 1.46. The lowest BCUT2D eigenvalue weighted by atomic mass is 9.97. The number of benzene rings is 1. The SMILES string of the molecule is C[C@H](Cc1cc(Br)c(O)c(Br)c1)C(=O)N1CCC(N2CCN(CC(=O)O)CC2)CC1. The molecule has 0 aliphatic carbocycles. The molecule has 2 aliphatic heterocycles. The Morgan fingerprint density at radius 2 is 1.63 bits per heavy atom. The van der Waals surface area contributed by atoms with E-state index in [4.69, 9.17) is 5.11 Å². The molecule has 1 atom stereocenters. The van der Waals surface area contributed by atoms with Crippen molar-refractivity contribution in [3.05, 3.63) is 26.6 Å². The van der Waals surface area contributed by atoms with E-state index in [1.54, 1.807) is 0 Å². The molecule has 2 saturated heterocycles. The highest BCUT2D eigenvalue weighted by molar-refractivity contribution is 9.11. The maximum absolute atomic E-state index is 12.9. The molecule has 0 aromatic heterocycles. The minimum absolute atomic E-state index is 0.118. The van der Waals surface area contributed by atoms with Gasteiger partial charge in [-0.3, -0.25) is 19.4 Å². The average Bonchev–Trinajstić information content (AvgIpc) is 2.71. The number of carboxylic acids is 1. The Morgan fingerprint density at radius 1 is 1.07 bits per heavy atom. The predicted molar refractivity (Wildman–Crippen MR) is 122 cm³/mol. The van der Waals surface area contributed by atoms with Crippen molar-refractivity contribution in [1.29, 1.82) is 0 Å². The van der Waals surface area contributed by atoms with E-state index in [1.807, 2.05) is 28.9 Å². The third kappa shape index (κ3) is 5.96. The maximum Gasteiger partial charge on any atom is 0.317 e. The molecule has 0 unspecified atom stereocenters. The Labute approximate surface area is 194 Å². The van der Waals surface area contributed by atoms with Crippen LogP contribution in [-0.4, -0.2) is 88.6 Å². The molecule has 1 aromatic carbocycles. The van der Waals surface area contributed by atoms with E-state index < -0.39 is 5.97 Å². The fourth-order valence-electron chi connectivity index (χ4n) is 4.42. The number of rotatable bonds is 6. The van der Waals surface area contributed by atoms with E-state index in [0.717, 1.165) is 57.7 Å². The van der Waals surface area contributed by atoms with Crippen molar-refractivity contribution in [2.75, 3.05) is 45.8 Å². The van der Waals surface area contributed by atoms with Gasteiger partial charge in [0.25, 0.3) is 0 Å². The molecule has 2 heterocycles. The molecule has 0 bridgehead atoms. The van der Waals surface area contributed by atoms with Gasteiger partial charge < -0.3 is 15.1 Å². The number of carboxylic acid groups (broad SMARTS) is 1. The van der Waals surface area contributed by atoms with Gasteiger partial charge in [0.2, 0.25) is 5.91 Å². The van der Waals surface area contributed by atoms with Crippen LogP contribution in [0.25, 0.3) is 0 Å². The molecule has 30 heavy (non-hydrogen) atoms. The van der Waals surface area contributed by atoms with Crippen molar-refractivity contribution in [3.63, 3.8) is 0 Å². The van der Waals surface area contributed by atoms with Crippen molar-refractivity contribution in [2.45, 2.75) is 32.2 Å². The van der Waals surface area contributed by atoms with Gasteiger partial charge in [-0.15, -0.1) is 0 Å². The highest BCUT2D eigenvalue weighted by Gasteiger charge is 2.30. The summed E-state index contributed by atoms with van der Waals surface area (Å²) in [4.78, 5) is 30.2. The first-order chi connectivity index (χ1) is 14.2. The predicted octanol–water partition coefficient (Wildman–Crippen LogP) is 2.79. The first-order valence-corrected chi connectivity index (χ1v) is 12.0. The molecule has 2 N–H and O–H groups in total. The van der Waals surface area contributed by atoms with E-state index in [1.165, 1.54) is 0 Å². The number of piperazine rings is 1. The minimum atomic E-state index is -0.767. The van der Waals surface area contributed by atoms with Gasteiger partial charge in [-0.25, -0.2) is 0 Å². The smallest absolute Gasteiger partial charge is 0.317 e. The number of phenolic OH excluding ortho intramolecular Hbond substituents is 1. The number of halogens is 2. The summed E-state index contributed by atoms with van der Waals surface area (Å²) >= 11 is 6.70. The largest absolute Gasteiger partial charge is 0.506 e.